The molecule has 3 rings (SSSR count). The molecule has 1 N–H and O–H groups in total. The number of aliphatic hydroxyl groups excluding tert-OH is 1. The van der Waals surface area contributed by atoms with Gasteiger partial charge in [-0.25, -0.2) is 0 Å². The average Bonchev–Trinajstić information content (AvgIpc) is 2.85. The highest BCUT2D eigenvalue weighted by molar-refractivity contribution is 6.31. The van der Waals surface area contributed by atoms with Gasteiger partial charge >= 0.3 is 18.7 Å². The van der Waals surface area contributed by atoms with Crippen LogP contribution < -0.4 is 9.47 Å². The molecule has 0 saturated heterocycles. The van der Waals surface area contributed by atoms with E-state index in [4.69, 9.17) is 16.3 Å². The third kappa shape index (κ3) is 8.13. The Morgan fingerprint density at radius 2 is 1.76 bits per heavy atom. The summed E-state index contributed by atoms with van der Waals surface area (Å²) in [6.07, 6.45) is -14.2. The summed E-state index contributed by atoms with van der Waals surface area (Å²) >= 11 is 6.16. The van der Waals surface area contributed by atoms with Gasteiger partial charge in [0, 0.05) is 29.7 Å². The molecule has 3 atom stereocenters. The van der Waals surface area contributed by atoms with E-state index in [2.05, 4.69) is 4.74 Å². The van der Waals surface area contributed by atoms with Gasteiger partial charge in [0.05, 0.1) is 0 Å². The zero-order chi connectivity index (χ0) is 28.1. The number of ether oxygens (including phenoxy) is 2. The van der Waals surface area contributed by atoms with Crippen molar-refractivity contribution in [1.29, 1.82) is 0 Å². The molecular formula is C26H29ClF7NO3. The van der Waals surface area contributed by atoms with Gasteiger partial charge in [-0.3, -0.25) is 4.90 Å². The summed E-state index contributed by atoms with van der Waals surface area (Å²) in [5.74, 6) is -0.0204. The van der Waals surface area contributed by atoms with Crippen molar-refractivity contribution in [2.75, 3.05) is 6.54 Å². The lowest BCUT2D eigenvalue weighted by atomic mass is 9.91. The normalized spacial score (nSPS) is 19.6. The maximum absolute atomic E-state index is 13.6. The number of halogens is 8. The van der Waals surface area contributed by atoms with E-state index in [0.717, 1.165) is 11.6 Å². The van der Waals surface area contributed by atoms with Crippen molar-refractivity contribution in [2.45, 2.75) is 82.5 Å². The molecule has 212 valence electrons. The lowest BCUT2D eigenvalue weighted by molar-refractivity contribution is -0.253. The van der Waals surface area contributed by atoms with Gasteiger partial charge in [0.15, 0.2) is 6.10 Å². The number of para-hydroxylation sites is 1. The van der Waals surface area contributed by atoms with Crippen LogP contribution in [0.5, 0.6) is 11.5 Å². The smallest absolute Gasteiger partial charge is 0.461 e. The highest BCUT2D eigenvalue weighted by atomic mass is 35.5. The minimum absolute atomic E-state index is 0.0180. The standard InChI is InChI=1S/C26H29ClF7NO3/c1-2-16-12-20(10-11-21(16)27)37-19-8-5-7-18(13-19)35(15-23(36)25(30,31)32)14-17-6-3-4-9-22(17)38-26(33,34)24(28)29/h3-4,6,9-12,18-19,23-24,36H,2,5,7-8,13-15H2,1H3. The second kappa shape index (κ2) is 12.7. The van der Waals surface area contributed by atoms with Crippen LogP contribution in [0.15, 0.2) is 42.5 Å². The van der Waals surface area contributed by atoms with Crippen molar-refractivity contribution >= 4 is 11.6 Å². The highest BCUT2D eigenvalue weighted by Gasteiger charge is 2.45. The van der Waals surface area contributed by atoms with Crippen LogP contribution in [0.3, 0.4) is 0 Å². The van der Waals surface area contributed by atoms with Gasteiger partial charge in [-0.05, 0) is 61.9 Å². The fraction of sp³-hybridized carbons (Fsp3) is 0.538. The molecule has 1 saturated carbocycles. The summed E-state index contributed by atoms with van der Waals surface area (Å²) in [4.78, 5) is 1.32. The van der Waals surface area contributed by atoms with Gasteiger partial charge in [-0.15, -0.1) is 0 Å². The molecule has 2 aromatic rings. The quantitative estimate of drug-likeness (QED) is 0.288. The summed E-state index contributed by atoms with van der Waals surface area (Å²) in [7, 11) is 0. The van der Waals surface area contributed by atoms with Crippen LogP contribution in [-0.4, -0.2) is 53.5 Å². The highest BCUT2D eigenvalue weighted by Crippen LogP contribution is 2.34. The van der Waals surface area contributed by atoms with E-state index in [9.17, 15) is 35.8 Å². The molecule has 0 bridgehead atoms. The van der Waals surface area contributed by atoms with E-state index in [1.807, 2.05) is 6.92 Å². The molecule has 38 heavy (non-hydrogen) atoms. The Hall–Kier alpha value is -2.24. The topological polar surface area (TPSA) is 41.9 Å². The van der Waals surface area contributed by atoms with Gasteiger partial charge in [0.1, 0.15) is 17.6 Å². The minimum Gasteiger partial charge on any atom is -0.490 e. The molecule has 0 amide bonds. The number of aryl methyl sites for hydroxylation is 1. The molecule has 2 aromatic carbocycles. The van der Waals surface area contributed by atoms with Gasteiger partial charge < -0.3 is 14.6 Å². The third-order valence-corrected chi connectivity index (χ3v) is 6.82. The first-order valence-corrected chi connectivity index (χ1v) is 12.5. The lowest BCUT2D eigenvalue weighted by Gasteiger charge is -2.39. The van der Waals surface area contributed by atoms with E-state index in [1.165, 1.54) is 23.1 Å². The molecule has 0 aliphatic heterocycles. The van der Waals surface area contributed by atoms with Crippen LogP contribution in [0.4, 0.5) is 30.7 Å². The fourth-order valence-corrected chi connectivity index (χ4v) is 4.71. The molecule has 1 fully saturated rings. The molecule has 1 aliphatic rings. The molecule has 0 aromatic heterocycles. The SMILES string of the molecule is CCc1cc(OC2CCCC(N(Cc3ccccc3OC(F)(F)C(F)F)CC(O)C(F)(F)F)C2)ccc1Cl. The molecule has 1 aliphatic carbocycles. The molecule has 0 heterocycles. The van der Waals surface area contributed by atoms with Crippen LogP contribution in [0.1, 0.15) is 43.7 Å². The van der Waals surface area contributed by atoms with E-state index in [1.54, 1.807) is 18.2 Å². The number of rotatable bonds is 11. The Labute approximate surface area is 221 Å². The predicted molar refractivity (Wildman–Crippen MR) is 128 cm³/mol. The van der Waals surface area contributed by atoms with Crippen molar-refractivity contribution < 1.29 is 45.3 Å². The van der Waals surface area contributed by atoms with Crippen molar-refractivity contribution in [1.82, 2.24) is 4.90 Å². The van der Waals surface area contributed by atoms with Gasteiger partial charge in [0.25, 0.3) is 0 Å². The van der Waals surface area contributed by atoms with Crippen LogP contribution in [0.25, 0.3) is 0 Å². The van der Waals surface area contributed by atoms with E-state index < -0.39 is 43.2 Å². The average molecular weight is 572 g/mol. The maximum atomic E-state index is 13.6. The van der Waals surface area contributed by atoms with Crippen molar-refractivity contribution in [3.63, 3.8) is 0 Å². The van der Waals surface area contributed by atoms with Crippen molar-refractivity contribution in [3.8, 4) is 11.5 Å². The van der Waals surface area contributed by atoms with Crippen LogP contribution >= 0.6 is 11.6 Å². The van der Waals surface area contributed by atoms with Gasteiger partial charge in [-0.2, -0.15) is 30.7 Å². The largest absolute Gasteiger partial charge is 0.490 e. The summed E-state index contributed by atoms with van der Waals surface area (Å²) in [5.41, 5.74) is 0.860. The van der Waals surface area contributed by atoms with Crippen molar-refractivity contribution in [3.05, 3.63) is 58.6 Å². The Morgan fingerprint density at radius 1 is 1.05 bits per heavy atom. The number of benzene rings is 2. The Kier molecular flexibility index (Phi) is 10.2. The number of aliphatic hydroxyl groups is 1. The molecule has 0 radical (unpaired) electrons. The van der Waals surface area contributed by atoms with Gasteiger partial charge in [-0.1, -0.05) is 36.7 Å². The second-order valence-corrected chi connectivity index (χ2v) is 9.63. The first-order chi connectivity index (χ1) is 17.8. The third-order valence-electron chi connectivity index (χ3n) is 6.45. The summed E-state index contributed by atoms with van der Waals surface area (Å²) in [6, 6.07) is 9.75. The summed E-state index contributed by atoms with van der Waals surface area (Å²) in [6.45, 7) is 0.743. The van der Waals surface area contributed by atoms with Crippen LogP contribution in [0, 0.1) is 0 Å². The van der Waals surface area contributed by atoms with E-state index >= 15 is 0 Å². The summed E-state index contributed by atoms with van der Waals surface area (Å²) < 4.78 is 103. The van der Waals surface area contributed by atoms with Crippen LogP contribution in [-0.2, 0) is 13.0 Å². The predicted octanol–water partition coefficient (Wildman–Crippen LogP) is 7.25. The Morgan fingerprint density at radius 3 is 2.42 bits per heavy atom. The van der Waals surface area contributed by atoms with E-state index in [-0.39, 0.29) is 18.2 Å². The zero-order valence-corrected chi connectivity index (χ0v) is 21.3. The first kappa shape index (κ1) is 30.3. The van der Waals surface area contributed by atoms with Crippen LogP contribution in [0.2, 0.25) is 5.02 Å². The van der Waals surface area contributed by atoms with Crippen molar-refractivity contribution in [2.24, 2.45) is 0 Å². The molecular weight excluding hydrogens is 543 g/mol. The van der Waals surface area contributed by atoms with Gasteiger partial charge in [0.2, 0.25) is 0 Å². The molecule has 12 heteroatoms. The number of hydrogen-bond acceptors (Lipinski definition) is 4. The molecule has 0 spiro atoms. The molecule has 3 unspecified atom stereocenters. The Bertz CT molecular complexity index is 1050. The minimum atomic E-state index is -4.92. The lowest BCUT2D eigenvalue weighted by Crippen LogP contribution is -2.48. The maximum Gasteiger partial charge on any atom is 0.461 e. The Balaban J connectivity index is 1.82. The number of hydrogen-bond donors (Lipinski definition) is 1. The zero-order valence-electron chi connectivity index (χ0n) is 20.5. The summed E-state index contributed by atoms with van der Waals surface area (Å²) in [5, 5.41) is 10.4. The fourth-order valence-electron chi connectivity index (χ4n) is 4.46. The monoisotopic (exact) mass is 571 g/mol. The number of nitrogens with zero attached hydrogens (tertiary/aromatic N) is 1. The number of alkyl halides is 7. The molecule has 4 nitrogen and oxygen atoms in total. The second-order valence-electron chi connectivity index (χ2n) is 9.23. The first-order valence-electron chi connectivity index (χ1n) is 12.2. The van der Waals surface area contributed by atoms with E-state index in [0.29, 0.717) is 42.9 Å².